The first-order valence-corrected chi connectivity index (χ1v) is 19.8. The molecule has 5 heterocycles. The number of pyridine rings is 1. The maximum Gasteiger partial charge on any atom is 0.181 e. The highest BCUT2D eigenvalue weighted by molar-refractivity contribution is 7.10. The first kappa shape index (κ1) is 52.2. The van der Waals surface area contributed by atoms with Gasteiger partial charge in [0, 0.05) is 39.5 Å². The number of oxazole rings is 1. The van der Waals surface area contributed by atoms with Gasteiger partial charge in [0.25, 0.3) is 0 Å². The number of aromatic nitrogens is 6. The average Bonchev–Trinajstić information content (AvgIpc) is 3.94. The minimum atomic E-state index is 0. The molecular formula is C49H74N6OS. The van der Waals surface area contributed by atoms with E-state index in [0.717, 1.165) is 39.9 Å². The summed E-state index contributed by atoms with van der Waals surface area (Å²) < 4.78 is 5.24. The number of imidazole rings is 1. The summed E-state index contributed by atoms with van der Waals surface area (Å²) in [6.07, 6.45) is 15.9. The van der Waals surface area contributed by atoms with Crippen LogP contribution in [-0.2, 0) is 27.1 Å². The molecule has 0 aliphatic heterocycles. The van der Waals surface area contributed by atoms with Crippen molar-refractivity contribution in [3.05, 3.63) is 138 Å². The highest BCUT2D eigenvalue weighted by atomic mass is 32.1. The lowest BCUT2D eigenvalue weighted by Gasteiger charge is -2.18. The van der Waals surface area contributed by atoms with Crippen molar-refractivity contribution in [1.29, 1.82) is 0 Å². The van der Waals surface area contributed by atoms with Crippen LogP contribution in [0.2, 0.25) is 0 Å². The van der Waals surface area contributed by atoms with Crippen LogP contribution in [0.1, 0.15) is 167 Å². The van der Waals surface area contributed by atoms with E-state index >= 15 is 0 Å². The zero-order valence-corrected chi connectivity index (χ0v) is 38.0. The van der Waals surface area contributed by atoms with Gasteiger partial charge >= 0.3 is 0 Å². The molecule has 8 heteroatoms. The van der Waals surface area contributed by atoms with Crippen LogP contribution in [0.3, 0.4) is 0 Å². The van der Waals surface area contributed by atoms with E-state index in [0.29, 0.717) is 0 Å². The quantitative estimate of drug-likeness (QED) is 0.185. The molecule has 0 fully saturated rings. The molecule has 0 radical (unpaired) electrons. The normalized spacial score (nSPS) is 11.3. The first-order chi connectivity index (χ1) is 25.8. The fraction of sp³-hybridized carbons (Fsp3) is 0.429. The lowest BCUT2D eigenvalue weighted by molar-refractivity contribution is 0.407. The SMILES string of the molecule is C.C=Cc1[nH]ccc1C(C)(C)C.C=Cc1cc(C(C)(C)C)ccn1.C=Cc1nc[nH]c1C(C)(C)C.C=Cc1ncoc1C(C)(C)C.C=Cc1ncsc1C(C)(C)C. The number of hydrogen-bond acceptors (Lipinski definition) is 6. The lowest BCUT2D eigenvalue weighted by Crippen LogP contribution is -2.13. The van der Waals surface area contributed by atoms with Gasteiger partial charge in [-0.1, -0.05) is 144 Å². The van der Waals surface area contributed by atoms with Crippen molar-refractivity contribution in [3.8, 4) is 0 Å². The molecule has 7 nitrogen and oxygen atoms in total. The van der Waals surface area contributed by atoms with Crippen LogP contribution in [0.15, 0.2) is 86.1 Å². The third-order valence-electron chi connectivity index (χ3n) is 8.20. The van der Waals surface area contributed by atoms with E-state index in [2.05, 4.69) is 179 Å². The topological polar surface area (TPSA) is 96.3 Å². The van der Waals surface area contributed by atoms with E-state index in [9.17, 15) is 0 Å². The van der Waals surface area contributed by atoms with Crippen molar-refractivity contribution < 1.29 is 4.42 Å². The van der Waals surface area contributed by atoms with E-state index < -0.39 is 0 Å². The molecule has 0 aromatic carbocycles. The van der Waals surface area contributed by atoms with E-state index in [-0.39, 0.29) is 34.5 Å². The second-order valence-electron chi connectivity index (χ2n) is 18.3. The van der Waals surface area contributed by atoms with Crippen LogP contribution in [-0.4, -0.2) is 29.9 Å². The Kier molecular flexibility index (Phi) is 20.3. The van der Waals surface area contributed by atoms with Gasteiger partial charge in [0.15, 0.2) is 6.39 Å². The summed E-state index contributed by atoms with van der Waals surface area (Å²) in [6.45, 7) is 50.9. The van der Waals surface area contributed by atoms with E-state index in [1.807, 2.05) is 36.1 Å². The second kappa shape index (κ2) is 22.2. The number of nitrogens with one attached hydrogen (secondary N) is 2. The molecule has 0 amide bonds. The number of thiazole rings is 1. The van der Waals surface area contributed by atoms with Crippen LogP contribution in [0.25, 0.3) is 30.4 Å². The fourth-order valence-electron chi connectivity index (χ4n) is 5.21. The third kappa shape index (κ3) is 17.1. The largest absolute Gasteiger partial charge is 0.447 e. The maximum atomic E-state index is 5.24. The van der Waals surface area contributed by atoms with Crippen LogP contribution in [0.4, 0.5) is 0 Å². The van der Waals surface area contributed by atoms with Crippen LogP contribution in [0.5, 0.6) is 0 Å². The van der Waals surface area contributed by atoms with Gasteiger partial charge in [-0.3, -0.25) is 4.98 Å². The Labute approximate surface area is 350 Å². The van der Waals surface area contributed by atoms with Crippen molar-refractivity contribution >= 4 is 41.7 Å². The Bertz CT molecular complexity index is 1740. The predicted molar refractivity (Wildman–Crippen MR) is 253 cm³/mol. The Balaban J connectivity index is 0.000000685. The van der Waals surface area contributed by atoms with Gasteiger partial charge in [0.1, 0.15) is 11.5 Å². The van der Waals surface area contributed by atoms with Crippen molar-refractivity contribution in [2.45, 2.75) is 138 Å². The number of aromatic amines is 2. The van der Waals surface area contributed by atoms with Crippen molar-refractivity contribution in [2.24, 2.45) is 0 Å². The third-order valence-corrected chi connectivity index (χ3v) is 9.47. The maximum absolute atomic E-state index is 5.24. The van der Waals surface area contributed by atoms with Crippen molar-refractivity contribution in [2.75, 3.05) is 0 Å². The summed E-state index contributed by atoms with van der Waals surface area (Å²) in [5.74, 6) is 0.896. The molecule has 0 atom stereocenters. The standard InChI is InChI=1S/C11H15N.C10H15N.C9H14N2.C9H13NO.C9H13NS.CH4/c1-5-10-8-9(6-7-12-10)11(2,3)4;1-5-9-8(6-7-11-9)10(2,3)4;3*1-5-7-8(9(2,3)4)11-6-10-7;/h5-8H,1H2,2-4H3;5-7,11H,1H2,2-4H3;5-6H,1H2,2-4H3,(H,10,11);2*5-6H,1H2,2-4H3;1H4. The Morgan fingerprint density at radius 2 is 1.19 bits per heavy atom. The molecule has 0 aliphatic carbocycles. The summed E-state index contributed by atoms with van der Waals surface area (Å²) in [5.41, 5.74) is 11.3. The molecule has 0 bridgehead atoms. The molecule has 312 valence electrons. The summed E-state index contributed by atoms with van der Waals surface area (Å²) in [5, 5.41) is 0. The Morgan fingerprint density at radius 3 is 1.58 bits per heavy atom. The molecule has 0 aliphatic rings. The van der Waals surface area contributed by atoms with Gasteiger partial charge in [0.05, 0.1) is 28.9 Å². The van der Waals surface area contributed by atoms with Gasteiger partial charge in [-0.15, -0.1) is 11.3 Å². The Hall–Kier alpha value is -4.82. The molecule has 0 saturated carbocycles. The van der Waals surface area contributed by atoms with E-state index in [1.54, 1.807) is 35.9 Å². The average molecular weight is 795 g/mol. The molecule has 0 unspecified atom stereocenters. The predicted octanol–water partition coefficient (Wildman–Crippen LogP) is 14.7. The molecule has 5 aromatic heterocycles. The second-order valence-corrected chi connectivity index (χ2v) is 19.2. The van der Waals surface area contributed by atoms with Gasteiger partial charge in [-0.05, 0) is 76.0 Å². The minimum absolute atomic E-state index is 0. The molecule has 0 saturated heterocycles. The van der Waals surface area contributed by atoms with Gasteiger partial charge < -0.3 is 14.4 Å². The first-order valence-electron chi connectivity index (χ1n) is 18.9. The van der Waals surface area contributed by atoms with Crippen molar-refractivity contribution in [3.63, 3.8) is 0 Å². The summed E-state index contributed by atoms with van der Waals surface area (Å²) in [6, 6.07) is 6.23. The van der Waals surface area contributed by atoms with Crippen molar-refractivity contribution in [1.82, 2.24) is 29.9 Å². The van der Waals surface area contributed by atoms with Gasteiger partial charge in [-0.2, -0.15) is 0 Å². The number of hydrogen-bond donors (Lipinski definition) is 2. The zero-order chi connectivity index (χ0) is 43.1. The molecule has 5 aromatic rings. The highest BCUT2D eigenvalue weighted by Gasteiger charge is 2.22. The van der Waals surface area contributed by atoms with E-state index in [4.69, 9.17) is 4.42 Å². The lowest BCUT2D eigenvalue weighted by atomic mass is 9.87. The number of H-pyrrole nitrogens is 2. The molecule has 2 N–H and O–H groups in total. The summed E-state index contributed by atoms with van der Waals surface area (Å²) in [7, 11) is 0. The number of nitrogens with zero attached hydrogens (tertiary/aromatic N) is 4. The molecule has 0 spiro atoms. The summed E-state index contributed by atoms with van der Waals surface area (Å²) >= 11 is 1.70. The van der Waals surface area contributed by atoms with E-state index in [1.165, 1.54) is 22.4 Å². The monoisotopic (exact) mass is 795 g/mol. The number of rotatable bonds is 5. The molecule has 5 rings (SSSR count). The highest BCUT2D eigenvalue weighted by Crippen LogP contribution is 2.30. The summed E-state index contributed by atoms with van der Waals surface area (Å²) in [4.78, 5) is 24.1. The fourth-order valence-corrected chi connectivity index (χ4v) is 6.10. The van der Waals surface area contributed by atoms with Gasteiger partial charge in [-0.25, -0.2) is 15.0 Å². The smallest absolute Gasteiger partial charge is 0.181 e. The van der Waals surface area contributed by atoms with Crippen LogP contribution >= 0.6 is 11.3 Å². The van der Waals surface area contributed by atoms with Gasteiger partial charge in [0.2, 0.25) is 0 Å². The Morgan fingerprint density at radius 1 is 0.596 bits per heavy atom. The van der Waals surface area contributed by atoms with Crippen LogP contribution < -0.4 is 0 Å². The molecule has 57 heavy (non-hydrogen) atoms. The zero-order valence-electron chi connectivity index (χ0n) is 37.1. The molecular weight excluding hydrogens is 721 g/mol. The minimum Gasteiger partial charge on any atom is -0.447 e. The van der Waals surface area contributed by atoms with Crippen LogP contribution in [0, 0.1) is 0 Å².